The van der Waals surface area contributed by atoms with Crippen LogP contribution < -0.4 is 5.14 Å². The van der Waals surface area contributed by atoms with Gasteiger partial charge in [-0.2, -0.15) is 5.26 Å². The van der Waals surface area contributed by atoms with Crippen molar-refractivity contribution in [3.05, 3.63) is 27.4 Å². The maximum absolute atomic E-state index is 12.5. The van der Waals surface area contributed by atoms with E-state index in [-0.39, 0.29) is 0 Å². The highest BCUT2D eigenvalue weighted by molar-refractivity contribution is 7.89. The largest absolute Gasteiger partial charge is 0.381 e. The normalized spacial score (nSPS) is 11.3. The summed E-state index contributed by atoms with van der Waals surface area (Å²) in [5.41, 5.74) is -2.13. The van der Waals surface area contributed by atoms with Crippen LogP contribution in [0.15, 0.2) is 11.0 Å². The number of nitro groups is 1. The van der Waals surface area contributed by atoms with Gasteiger partial charge in [0.1, 0.15) is 11.0 Å². The molecular weight excluding hydrogens is 274 g/mol. The number of sulfonamides is 1. The van der Waals surface area contributed by atoms with Gasteiger partial charge in [0.15, 0.2) is 5.56 Å². The number of aromatic nitrogens is 1. The van der Waals surface area contributed by atoms with Gasteiger partial charge in [-0.1, -0.05) is 0 Å². The van der Waals surface area contributed by atoms with Gasteiger partial charge >= 0.3 is 12.2 Å². The van der Waals surface area contributed by atoms with Gasteiger partial charge in [-0.15, -0.1) is 0 Å². The zero-order valence-electron chi connectivity index (χ0n) is 8.37. The predicted octanol–water partition coefficient (Wildman–Crippen LogP) is 0.446. The van der Waals surface area contributed by atoms with E-state index in [9.17, 15) is 27.3 Å². The second-order valence-corrected chi connectivity index (χ2v) is 4.49. The second-order valence-electron chi connectivity index (χ2n) is 2.96. The molecule has 0 saturated carbocycles. The van der Waals surface area contributed by atoms with Crippen molar-refractivity contribution < 1.29 is 22.1 Å². The van der Waals surface area contributed by atoms with E-state index in [1.165, 1.54) is 6.07 Å². The number of alkyl halides is 2. The molecule has 1 aromatic heterocycles. The predicted molar refractivity (Wildman–Crippen MR) is 51.9 cm³/mol. The fourth-order valence-corrected chi connectivity index (χ4v) is 1.81. The molecular formula is C7H4F2N4O4S. The molecule has 8 nitrogen and oxygen atoms in total. The first kappa shape index (κ1) is 13.9. The summed E-state index contributed by atoms with van der Waals surface area (Å²) in [5, 5.41) is 23.7. The SMILES string of the molecule is N#Cc1cc(S(N)(=O)=O)c(C(F)F)nc1[N+](=O)[O-]. The number of halogens is 2. The molecule has 0 radical (unpaired) electrons. The Kier molecular flexibility index (Phi) is 3.54. The summed E-state index contributed by atoms with van der Waals surface area (Å²) in [6.45, 7) is 0. The number of primary sulfonamides is 1. The zero-order chi connectivity index (χ0) is 14.1. The molecule has 0 unspecified atom stereocenters. The molecule has 2 N–H and O–H groups in total. The summed E-state index contributed by atoms with van der Waals surface area (Å²) in [6, 6.07) is 1.69. The highest BCUT2D eigenvalue weighted by atomic mass is 32.2. The molecule has 0 aromatic carbocycles. The lowest BCUT2D eigenvalue weighted by atomic mass is 10.2. The van der Waals surface area contributed by atoms with E-state index in [0.717, 1.165) is 0 Å². The van der Waals surface area contributed by atoms with Gasteiger partial charge < -0.3 is 10.1 Å². The average molecular weight is 278 g/mol. The standard InChI is InChI=1S/C7H4F2N4O4S/c8-6(9)5-4(18(11,16)17)1-3(2-10)7(12-5)13(14)15/h1,6H,(H2,11,16,17). The van der Waals surface area contributed by atoms with E-state index >= 15 is 0 Å². The molecule has 0 bridgehead atoms. The fraction of sp³-hybridized carbons (Fsp3) is 0.143. The summed E-state index contributed by atoms with van der Waals surface area (Å²) in [5.74, 6) is -1.15. The van der Waals surface area contributed by atoms with Crippen LogP contribution in [0.25, 0.3) is 0 Å². The first-order valence-electron chi connectivity index (χ1n) is 4.09. The van der Waals surface area contributed by atoms with Gasteiger partial charge in [0.25, 0.3) is 0 Å². The smallest absolute Gasteiger partial charge is 0.358 e. The Morgan fingerprint density at radius 1 is 1.56 bits per heavy atom. The lowest BCUT2D eigenvalue weighted by Gasteiger charge is -2.03. The van der Waals surface area contributed by atoms with Gasteiger partial charge in [-0.05, 0) is 16.0 Å². The minimum Gasteiger partial charge on any atom is -0.358 e. The third-order valence-corrected chi connectivity index (χ3v) is 2.74. The number of nitrogens with zero attached hydrogens (tertiary/aromatic N) is 3. The van der Waals surface area contributed by atoms with Crippen molar-refractivity contribution in [3.63, 3.8) is 0 Å². The summed E-state index contributed by atoms with van der Waals surface area (Å²) < 4.78 is 47.2. The van der Waals surface area contributed by atoms with E-state index in [4.69, 9.17) is 5.26 Å². The van der Waals surface area contributed by atoms with Crippen molar-refractivity contribution >= 4 is 15.8 Å². The fourth-order valence-electron chi connectivity index (χ4n) is 1.10. The van der Waals surface area contributed by atoms with Crippen LogP contribution in [0.3, 0.4) is 0 Å². The van der Waals surface area contributed by atoms with Crippen LogP contribution in [0, 0.1) is 21.4 Å². The Morgan fingerprint density at radius 2 is 2.11 bits per heavy atom. The van der Waals surface area contributed by atoms with Crippen LogP contribution >= 0.6 is 0 Å². The van der Waals surface area contributed by atoms with Gasteiger partial charge in [0.2, 0.25) is 15.7 Å². The Hall–Kier alpha value is -2.19. The topological polar surface area (TPSA) is 140 Å². The summed E-state index contributed by atoms with van der Waals surface area (Å²) in [4.78, 5) is 11.1. The lowest BCUT2D eigenvalue weighted by molar-refractivity contribution is -0.390. The first-order chi connectivity index (χ1) is 8.18. The van der Waals surface area contributed by atoms with Crippen molar-refractivity contribution in [2.24, 2.45) is 5.14 Å². The van der Waals surface area contributed by atoms with E-state index in [1.54, 1.807) is 0 Å². The van der Waals surface area contributed by atoms with Crippen molar-refractivity contribution in [1.29, 1.82) is 5.26 Å². The van der Waals surface area contributed by atoms with Crippen LogP contribution in [0.1, 0.15) is 17.7 Å². The van der Waals surface area contributed by atoms with Crippen molar-refractivity contribution in [3.8, 4) is 6.07 Å². The third-order valence-electron chi connectivity index (χ3n) is 1.80. The van der Waals surface area contributed by atoms with Gasteiger partial charge in [0, 0.05) is 0 Å². The van der Waals surface area contributed by atoms with Crippen LogP contribution in [0.5, 0.6) is 0 Å². The molecule has 0 atom stereocenters. The molecule has 0 aliphatic rings. The van der Waals surface area contributed by atoms with E-state index in [2.05, 4.69) is 10.1 Å². The maximum Gasteiger partial charge on any atom is 0.381 e. The number of hydrogen-bond donors (Lipinski definition) is 1. The number of pyridine rings is 1. The first-order valence-corrected chi connectivity index (χ1v) is 5.63. The van der Waals surface area contributed by atoms with E-state index < -0.39 is 43.3 Å². The van der Waals surface area contributed by atoms with Crippen LogP contribution in [0.4, 0.5) is 14.6 Å². The second kappa shape index (κ2) is 4.59. The Labute approximate surface area is 98.9 Å². The lowest BCUT2D eigenvalue weighted by Crippen LogP contribution is -2.17. The molecule has 11 heteroatoms. The number of nitrogens with two attached hydrogens (primary N) is 1. The summed E-state index contributed by atoms with van der Waals surface area (Å²) in [6.07, 6.45) is -3.38. The molecule has 1 heterocycles. The van der Waals surface area contributed by atoms with Crippen LogP contribution in [-0.2, 0) is 10.0 Å². The summed E-state index contributed by atoms with van der Waals surface area (Å²) in [7, 11) is -4.57. The number of rotatable bonds is 3. The van der Waals surface area contributed by atoms with Gasteiger partial charge in [-0.3, -0.25) is 0 Å². The molecule has 0 saturated heterocycles. The molecule has 1 rings (SSSR count). The molecule has 0 aliphatic carbocycles. The molecule has 96 valence electrons. The van der Waals surface area contributed by atoms with E-state index in [1.807, 2.05) is 0 Å². The van der Waals surface area contributed by atoms with Crippen molar-refractivity contribution in [2.75, 3.05) is 0 Å². The quantitative estimate of drug-likeness (QED) is 0.628. The highest BCUT2D eigenvalue weighted by Gasteiger charge is 2.32. The van der Waals surface area contributed by atoms with Crippen molar-refractivity contribution in [1.82, 2.24) is 4.98 Å². The van der Waals surface area contributed by atoms with Crippen molar-refractivity contribution in [2.45, 2.75) is 11.3 Å². The Bertz CT molecular complexity index is 652. The molecule has 0 amide bonds. The Morgan fingerprint density at radius 3 is 2.44 bits per heavy atom. The van der Waals surface area contributed by atoms with E-state index in [0.29, 0.717) is 6.07 Å². The zero-order valence-corrected chi connectivity index (χ0v) is 9.19. The third kappa shape index (κ3) is 2.55. The molecule has 0 aliphatic heterocycles. The minimum atomic E-state index is -4.57. The van der Waals surface area contributed by atoms with Gasteiger partial charge in [-0.25, -0.2) is 22.3 Å². The number of nitriles is 1. The molecule has 18 heavy (non-hydrogen) atoms. The Balaban J connectivity index is 3.76. The maximum atomic E-state index is 12.5. The molecule has 1 aromatic rings. The summed E-state index contributed by atoms with van der Waals surface area (Å²) >= 11 is 0. The molecule has 0 spiro atoms. The average Bonchev–Trinajstić information content (AvgIpc) is 2.25. The molecule has 0 fully saturated rings. The van der Waals surface area contributed by atoms with Gasteiger partial charge in [0.05, 0.1) is 0 Å². The highest BCUT2D eigenvalue weighted by Crippen LogP contribution is 2.28. The van der Waals surface area contributed by atoms with Crippen LogP contribution in [-0.4, -0.2) is 18.3 Å². The van der Waals surface area contributed by atoms with Crippen LogP contribution in [0.2, 0.25) is 0 Å². The number of hydrogen-bond acceptors (Lipinski definition) is 6. The monoisotopic (exact) mass is 278 g/mol. The minimum absolute atomic E-state index is 0.405.